The molecule has 3 heteroatoms. The Bertz CT molecular complexity index is 331. The van der Waals surface area contributed by atoms with Crippen LogP contribution in [0.15, 0.2) is 12.1 Å². The molecule has 0 aromatic heterocycles. The first-order valence-electron chi connectivity index (χ1n) is 5.33. The first-order chi connectivity index (χ1) is 7.18. The molecule has 1 aliphatic rings. The summed E-state index contributed by atoms with van der Waals surface area (Å²) in [6.45, 7) is 0. The first-order valence-corrected chi connectivity index (χ1v) is 5.33. The number of hydrogen-bond acceptors (Lipinski definition) is 0. The number of hydrogen-bond donors (Lipinski definition) is 0. The summed E-state index contributed by atoms with van der Waals surface area (Å²) in [6, 6.07) is 2.27. The molecule has 0 heterocycles. The molecule has 0 unspecified atom stereocenters. The van der Waals surface area contributed by atoms with Crippen LogP contribution in [0, 0.1) is 17.5 Å². The van der Waals surface area contributed by atoms with Crippen molar-refractivity contribution in [3.05, 3.63) is 35.1 Å². The fourth-order valence-corrected chi connectivity index (χ4v) is 2.25. The third-order valence-corrected chi connectivity index (χ3v) is 3.08. The third-order valence-electron chi connectivity index (χ3n) is 3.08. The Morgan fingerprint density at radius 1 is 0.867 bits per heavy atom. The van der Waals surface area contributed by atoms with Gasteiger partial charge in [-0.2, -0.15) is 0 Å². The van der Waals surface area contributed by atoms with Gasteiger partial charge < -0.3 is 0 Å². The molecule has 0 saturated heterocycles. The summed E-state index contributed by atoms with van der Waals surface area (Å²) in [4.78, 5) is 0. The highest BCUT2D eigenvalue weighted by Gasteiger charge is 2.19. The van der Waals surface area contributed by atoms with E-state index in [1.54, 1.807) is 0 Å². The molecule has 1 saturated carbocycles. The zero-order valence-electron chi connectivity index (χ0n) is 8.40. The Hall–Kier alpha value is -0.990. The van der Waals surface area contributed by atoms with E-state index in [0.717, 1.165) is 37.8 Å². The van der Waals surface area contributed by atoms with Crippen molar-refractivity contribution in [1.29, 1.82) is 0 Å². The SMILES string of the molecule is Fc1cc(C2CCCCC2)cc(F)c1F. The lowest BCUT2D eigenvalue weighted by Gasteiger charge is -2.22. The van der Waals surface area contributed by atoms with Crippen LogP contribution in [0.4, 0.5) is 13.2 Å². The van der Waals surface area contributed by atoms with Gasteiger partial charge >= 0.3 is 0 Å². The average molecular weight is 214 g/mol. The molecule has 1 aromatic carbocycles. The minimum absolute atomic E-state index is 0.198. The van der Waals surface area contributed by atoms with Crippen molar-refractivity contribution in [2.75, 3.05) is 0 Å². The molecule has 82 valence electrons. The Labute approximate surface area is 87.1 Å². The second kappa shape index (κ2) is 4.25. The maximum absolute atomic E-state index is 13.0. The molecule has 0 amide bonds. The summed E-state index contributed by atoms with van der Waals surface area (Å²) in [6.07, 6.45) is 5.26. The van der Waals surface area contributed by atoms with E-state index >= 15 is 0 Å². The Balaban J connectivity index is 2.27. The summed E-state index contributed by atoms with van der Waals surface area (Å²) in [5.41, 5.74) is 0.603. The van der Waals surface area contributed by atoms with Gasteiger partial charge in [0.1, 0.15) is 0 Å². The van der Waals surface area contributed by atoms with Gasteiger partial charge in [0.15, 0.2) is 17.5 Å². The number of rotatable bonds is 1. The van der Waals surface area contributed by atoms with Gasteiger partial charge in [0.25, 0.3) is 0 Å². The minimum Gasteiger partial charge on any atom is -0.204 e. The summed E-state index contributed by atoms with van der Waals surface area (Å²) in [5.74, 6) is -3.32. The van der Waals surface area contributed by atoms with Crippen molar-refractivity contribution in [2.24, 2.45) is 0 Å². The van der Waals surface area contributed by atoms with E-state index in [1.807, 2.05) is 0 Å². The zero-order valence-corrected chi connectivity index (χ0v) is 8.40. The quantitative estimate of drug-likeness (QED) is 0.616. The molecule has 0 radical (unpaired) electrons. The van der Waals surface area contributed by atoms with Gasteiger partial charge in [-0.05, 0) is 36.5 Å². The lowest BCUT2D eigenvalue weighted by molar-refractivity contribution is 0.422. The molecule has 0 aliphatic heterocycles. The van der Waals surface area contributed by atoms with Crippen molar-refractivity contribution in [3.63, 3.8) is 0 Å². The van der Waals surface area contributed by atoms with Gasteiger partial charge in [0, 0.05) is 0 Å². The number of halogens is 3. The van der Waals surface area contributed by atoms with Crippen LogP contribution in [0.2, 0.25) is 0 Å². The third kappa shape index (κ3) is 2.16. The van der Waals surface area contributed by atoms with Crippen molar-refractivity contribution in [3.8, 4) is 0 Å². The Kier molecular flexibility index (Phi) is 2.98. The molecule has 0 bridgehead atoms. The predicted octanol–water partition coefficient (Wildman–Crippen LogP) is 4.15. The topological polar surface area (TPSA) is 0 Å². The fourth-order valence-electron chi connectivity index (χ4n) is 2.25. The van der Waals surface area contributed by atoms with Crippen molar-refractivity contribution < 1.29 is 13.2 Å². The highest BCUT2D eigenvalue weighted by Crippen LogP contribution is 2.33. The highest BCUT2D eigenvalue weighted by molar-refractivity contribution is 5.23. The average Bonchev–Trinajstić information content (AvgIpc) is 2.26. The summed E-state index contributed by atoms with van der Waals surface area (Å²) < 4.78 is 38.7. The van der Waals surface area contributed by atoms with E-state index in [9.17, 15) is 13.2 Å². The normalized spacial score (nSPS) is 18.1. The molecular weight excluding hydrogens is 201 g/mol. The molecule has 1 fully saturated rings. The highest BCUT2D eigenvalue weighted by atomic mass is 19.2. The van der Waals surface area contributed by atoms with Crippen LogP contribution in [0.1, 0.15) is 43.6 Å². The Morgan fingerprint density at radius 3 is 1.93 bits per heavy atom. The van der Waals surface area contributed by atoms with E-state index < -0.39 is 17.5 Å². The van der Waals surface area contributed by atoms with Crippen LogP contribution in [-0.4, -0.2) is 0 Å². The van der Waals surface area contributed by atoms with E-state index in [1.165, 1.54) is 6.42 Å². The summed E-state index contributed by atoms with van der Waals surface area (Å²) in [7, 11) is 0. The van der Waals surface area contributed by atoms with Gasteiger partial charge in [0.05, 0.1) is 0 Å². The molecule has 0 spiro atoms. The summed E-state index contributed by atoms with van der Waals surface area (Å²) >= 11 is 0. The van der Waals surface area contributed by atoms with Crippen LogP contribution in [0.3, 0.4) is 0 Å². The first kappa shape index (κ1) is 10.5. The van der Waals surface area contributed by atoms with Gasteiger partial charge in [-0.3, -0.25) is 0 Å². The minimum atomic E-state index is -1.37. The largest absolute Gasteiger partial charge is 0.204 e. The summed E-state index contributed by atoms with van der Waals surface area (Å²) in [5, 5.41) is 0. The maximum atomic E-state index is 13.0. The lowest BCUT2D eigenvalue weighted by atomic mass is 9.84. The van der Waals surface area contributed by atoms with E-state index in [0.29, 0.717) is 5.56 Å². The molecule has 0 nitrogen and oxygen atoms in total. The predicted molar refractivity (Wildman–Crippen MR) is 52.1 cm³/mol. The fraction of sp³-hybridized carbons (Fsp3) is 0.500. The standard InChI is InChI=1S/C12H13F3/c13-10-6-9(7-11(14)12(10)15)8-4-2-1-3-5-8/h6-8H,1-5H2. The molecule has 1 aromatic rings. The number of benzene rings is 1. The Morgan fingerprint density at radius 2 is 1.40 bits per heavy atom. The lowest BCUT2D eigenvalue weighted by Crippen LogP contribution is -2.06. The molecule has 15 heavy (non-hydrogen) atoms. The van der Waals surface area contributed by atoms with Crippen LogP contribution in [-0.2, 0) is 0 Å². The molecule has 0 N–H and O–H groups in total. The van der Waals surface area contributed by atoms with Gasteiger partial charge in [-0.25, -0.2) is 13.2 Å². The van der Waals surface area contributed by atoms with Crippen LogP contribution in [0.25, 0.3) is 0 Å². The van der Waals surface area contributed by atoms with Gasteiger partial charge in [-0.1, -0.05) is 19.3 Å². The van der Waals surface area contributed by atoms with Crippen molar-refractivity contribution >= 4 is 0 Å². The van der Waals surface area contributed by atoms with Crippen LogP contribution in [0.5, 0.6) is 0 Å². The molecule has 2 rings (SSSR count). The second-order valence-corrected chi connectivity index (χ2v) is 4.13. The monoisotopic (exact) mass is 214 g/mol. The van der Waals surface area contributed by atoms with Crippen molar-refractivity contribution in [2.45, 2.75) is 38.0 Å². The second-order valence-electron chi connectivity index (χ2n) is 4.13. The molecular formula is C12H13F3. The zero-order chi connectivity index (χ0) is 10.8. The van der Waals surface area contributed by atoms with Crippen molar-refractivity contribution in [1.82, 2.24) is 0 Å². The molecule has 1 aliphatic carbocycles. The van der Waals surface area contributed by atoms with E-state index in [2.05, 4.69) is 0 Å². The van der Waals surface area contributed by atoms with Crippen LogP contribution < -0.4 is 0 Å². The van der Waals surface area contributed by atoms with Gasteiger partial charge in [-0.15, -0.1) is 0 Å². The van der Waals surface area contributed by atoms with Crippen LogP contribution >= 0.6 is 0 Å². The molecule has 0 atom stereocenters. The maximum Gasteiger partial charge on any atom is 0.194 e. The van der Waals surface area contributed by atoms with Gasteiger partial charge in [0.2, 0.25) is 0 Å². The van der Waals surface area contributed by atoms with E-state index in [-0.39, 0.29) is 5.92 Å². The van der Waals surface area contributed by atoms with E-state index in [4.69, 9.17) is 0 Å². The smallest absolute Gasteiger partial charge is 0.194 e.